The van der Waals surface area contributed by atoms with Crippen molar-refractivity contribution in [1.82, 2.24) is 15.3 Å². The van der Waals surface area contributed by atoms with E-state index in [0.29, 0.717) is 24.2 Å². The van der Waals surface area contributed by atoms with E-state index in [1.54, 1.807) is 23.5 Å². The monoisotopic (exact) mass is 546 g/mol. The molecule has 1 fully saturated rings. The fourth-order valence-corrected chi connectivity index (χ4v) is 7.51. The summed E-state index contributed by atoms with van der Waals surface area (Å²) in [4.78, 5) is 24.6. The molecule has 0 bridgehead atoms. The van der Waals surface area contributed by atoms with Crippen LogP contribution in [0.1, 0.15) is 26.4 Å². The van der Waals surface area contributed by atoms with Gasteiger partial charge in [0.05, 0.1) is 15.5 Å². The van der Waals surface area contributed by atoms with Crippen molar-refractivity contribution in [2.45, 2.75) is 22.8 Å². The topological polar surface area (TPSA) is 130 Å². The lowest BCUT2D eigenvalue weighted by Crippen LogP contribution is -2.43. The standard InChI is InChI=1S/C27H26N6O3S2/c28-26(34)18-4-6-24-22(13-18)30-16-21-17(2-1-3-23(21)38(24,35)36)12-20-15-32-27(37-20)19-5-7-25(31-14-19)33-10-8-29-9-11-33/h1-7,13-15,29-30H,8-12,16H2,(H2,28,34). The largest absolute Gasteiger partial charge is 0.380 e. The van der Waals surface area contributed by atoms with E-state index in [0.717, 1.165) is 53.0 Å². The van der Waals surface area contributed by atoms with Gasteiger partial charge in [-0.2, -0.15) is 0 Å². The average Bonchev–Trinajstić information content (AvgIpc) is 3.36. The minimum absolute atomic E-state index is 0.134. The van der Waals surface area contributed by atoms with Crippen molar-refractivity contribution in [3.8, 4) is 10.6 Å². The lowest BCUT2D eigenvalue weighted by atomic mass is 10.0. The zero-order chi connectivity index (χ0) is 26.3. The molecule has 4 aromatic rings. The maximum atomic E-state index is 13.6. The van der Waals surface area contributed by atoms with Crippen LogP contribution in [0, 0.1) is 0 Å². The number of amides is 1. The molecule has 0 saturated carbocycles. The number of rotatable bonds is 5. The molecule has 0 spiro atoms. The first-order chi connectivity index (χ1) is 18.4. The van der Waals surface area contributed by atoms with Gasteiger partial charge in [-0.3, -0.25) is 4.79 Å². The minimum Gasteiger partial charge on any atom is -0.380 e. The van der Waals surface area contributed by atoms with Crippen molar-refractivity contribution in [2.75, 3.05) is 36.4 Å². The van der Waals surface area contributed by atoms with E-state index >= 15 is 0 Å². The highest BCUT2D eigenvalue weighted by Crippen LogP contribution is 2.36. The molecular weight excluding hydrogens is 520 g/mol. The maximum absolute atomic E-state index is 13.6. The van der Waals surface area contributed by atoms with Crippen LogP contribution in [-0.4, -0.2) is 50.5 Å². The van der Waals surface area contributed by atoms with Gasteiger partial charge in [-0.05, 0) is 47.5 Å². The molecule has 0 unspecified atom stereocenters. The van der Waals surface area contributed by atoms with Gasteiger partial charge in [-0.25, -0.2) is 18.4 Å². The Labute approximate surface area is 224 Å². The first-order valence-electron chi connectivity index (χ1n) is 12.3. The number of aromatic nitrogens is 2. The molecule has 1 amide bonds. The number of sulfone groups is 1. The van der Waals surface area contributed by atoms with E-state index in [2.05, 4.69) is 31.6 Å². The fraction of sp³-hybridized carbons (Fsp3) is 0.222. The Morgan fingerprint density at radius 1 is 1.03 bits per heavy atom. The van der Waals surface area contributed by atoms with Crippen LogP contribution in [-0.2, 0) is 22.8 Å². The lowest BCUT2D eigenvalue weighted by molar-refractivity contribution is 0.1000. The van der Waals surface area contributed by atoms with Gasteiger partial charge in [-0.1, -0.05) is 12.1 Å². The molecule has 6 rings (SSSR count). The van der Waals surface area contributed by atoms with Crippen LogP contribution < -0.4 is 21.3 Å². The van der Waals surface area contributed by atoms with Crippen molar-refractivity contribution < 1.29 is 13.2 Å². The van der Waals surface area contributed by atoms with Crippen LogP contribution in [0.15, 0.2) is 70.7 Å². The Kier molecular flexibility index (Phi) is 6.34. The first kappa shape index (κ1) is 24.5. The van der Waals surface area contributed by atoms with Gasteiger partial charge in [0, 0.05) is 67.5 Å². The molecule has 0 atom stereocenters. The molecule has 1 saturated heterocycles. The van der Waals surface area contributed by atoms with E-state index in [9.17, 15) is 13.2 Å². The fourth-order valence-electron chi connectivity index (χ4n) is 4.89. The number of hydrogen-bond donors (Lipinski definition) is 3. The quantitative estimate of drug-likeness (QED) is 0.348. The third-order valence-electron chi connectivity index (χ3n) is 6.88. The number of carbonyl (C=O) groups is 1. The number of nitrogens with two attached hydrogens (primary N) is 1. The SMILES string of the molecule is NC(=O)c1ccc2c(c1)NCc1c(Cc3cnc(-c4ccc(N5CCNCC5)nc4)s3)cccc1S2(=O)=O. The summed E-state index contributed by atoms with van der Waals surface area (Å²) in [5.41, 5.74) is 8.61. The number of nitrogens with zero attached hydrogens (tertiary/aromatic N) is 3. The summed E-state index contributed by atoms with van der Waals surface area (Å²) in [7, 11) is -3.79. The van der Waals surface area contributed by atoms with Crippen LogP contribution in [0.4, 0.5) is 11.5 Å². The summed E-state index contributed by atoms with van der Waals surface area (Å²) in [6.45, 7) is 4.11. The van der Waals surface area contributed by atoms with Gasteiger partial charge >= 0.3 is 0 Å². The number of piperazine rings is 1. The number of fused-ring (bicyclic) bond motifs is 2. The summed E-state index contributed by atoms with van der Waals surface area (Å²) in [5, 5.41) is 7.43. The van der Waals surface area contributed by atoms with Crippen molar-refractivity contribution in [3.05, 3.63) is 82.5 Å². The van der Waals surface area contributed by atoms with E-state index < -0.39 is 15.7 Å². The Hall–Kier alpha value is -3.80. The Balaban J connectivity index is 1.26. The second kappa shape index (κ2) is 9.82. The zero-order valence-electron chi connectivity index (χ0n) is 20.5. The van der Waals surface area contributed by atoms with Crippen LogP contribution in [0.3, 0.4) is 0 Å². The van der Waals surface area contributed by atoms with Crippen molar-refractivity contribution in [2.24, 2.45) is 5.73 Å². The first-order valence-corrected chi connectivity index (χ1v) is 14.6. The molecule has 9 nitrogen and oxygen atoms in total. The van der Waals surface area contributed by atoms with E-state index in [1.165, 1.54) is 18.2 Å². The van der Waals surface area contributed by atoms with Gasteiger partial charge < -0.3 is 21.3 Å². The molecule has 0 aliphatic carbocycles. The Bertz CT molecular complexity index is 1630. The van der Waals surface area contributed by atoms with Crippen molar-refractivity contribution >= 4 is 38.6 Å². The summed E-state index contributed by atoms with van der Waals surface area (Å²) >= 11 is 1.57. The molecular formula is C27H26N6O3S2. The van der Waals surface area contributed by atoms with E-state index in [1.807, 2.05) is 24.5 Å². The second-order valence-corrected chi connectivity index (χ2v) is 12.3. The van der Waals surface area contributed by atoms with Crippen LogP contribution >= 0.6 is 11.3 Å². The predicted octanol–water partition coefficient (Wildman–Crippen LogP) is 3.06. The van der Waals surface area contributed by atoms with Gasteiger partial charge in [0.25, 0.3) is 0 Å². The smallest absolute Gasteiger partial charge is 0.248 e. The lowest BCUT2D eigenvalue weighted by Gasteiger charge is -2.28. The highest BCUT2D eigenvalue weighted by molar-refractivity contribution is 7.91. The summed E-state index contributed by atoms with van der Waals surface area (Å²) in [6.07, 6.45) is 4.26. The van der Waals surface area contributed by atoms with E-state index in [-0.39, 0.29) is 15.4 Å². The van der Waals surface area contributed by atoms with Crippen LogP contribution in [0.2, 0.25) is 0 Å². The van der Waals surface area contributed by atoms with Crippen LogP contribution in [0.5, 0.6) is 0 Å². The summed E-state index contributed by atoms with van der Waals surface area (Å²) < 4.78 is 27.1. The Morgan fingerprint density at radius 3 is 2.63 bits per heavy atom. The number of carbonyl (C=O) groups excluding carboxylic acids is 1. The minimum atomic E-state index is -3.79. The number of pyridine rings is 1. The molecule has 194 valence electrons. The maximum Gasteiger partial charge on any atom is 0.248 e. The summed E-state index contributed by atoms with van der Waals surface area (Å²) in [6, 6.07) is 13.8. The molecule has 4 heterocycles. The van der Waals surface area contributed by atoms with Gasteiger partial charge in [-0.15, -0.1) is 11.3 Å². The number of thiazole rings is 1. The van der Waals surface area contributed by atoms with Crippen molar-refractivity contribution in [1.29, 1.82) is 0 Å². The molecule has 2 aromatic heterocycles. The number of anilines is 2. The molecule has 4 N–H and O–H groups in total. The average molecular weight is 547 g/mol. The molecule has 0 radical (unpaired) electrons. The Morgan fingerprint density at radius 2 is 1.87 bits per heavy atom. The number of hydrogen-bond acceptors (Lipinski definition) is 9. The molecule has 2 aliphatic heterocycles. The molecule has 38 heavy (non-hydrogen) atoms. The normalized spacial score (nSPS) is 16.2. The van der Waals surface area contributed by atoms with Gasteiger partial charge in [0.2, 0.25) is 15.7 Å². The highest BCUT2D eigenvalue weighted by atomic mass is 32.2. The third kappa shape index (κ3) is 4.53. The number of nitrogens with one attached hydrogen (secondary N) is 2. The summed E-state index contributed by atoms with van der Waals surface area (Å²) in [5.74, 6) is 0.362. The predicted molar refractivity (Wildman–Crippen MR) is 147 cm³/mol. The van der Waals surface area contributed by atoms with Crippen LogP contribution in [0.25, 0.3) is 10.6 Å². The number of primary amides is 1. The molecule has 11 heteroatoms. The van der Waals surface area contributed by atoms with Gasteiger partial charge in [0.15, 0.2) is 0 Å². The molecule has 2 aliphatic rings. The molecule has 2 aromatic carbocycles. The second-order valence-electron chi connectivity index (χ2n) is 9.28. The number of benzene rings is 2. The third-order valence-corrected chi connectivity index (χ3v) is 9.83. The zero-order valence-corrected chi connectivity index (χ0v) is 22.1. The van der Waals surface area contributed by atoms with Crippen molar-refractivity contribution in [3.63, 3.8) is 0 Å². The highest BCUT2D eigenvalue weighted by Gasteiger charge is 2.29. The van der Waals surface area contributed by atoms with Gasteiger partial charge in [0.1, 0.15) is 10.8 Å². The van der Waals surface area contributed by atoms with E-state index in [4.69, 9.17) is 5.73 Å².